The van der Waals surface area contributed by atoms with Gasteiger partial charge in [-0.2, -0.15) is 4.31 Å². The number of rotatable bonds is 4. The second kappa shape index (κ2) is 6.82. The number of furan rings is 1. The van der Waals surface area contributed by atoms with E-state index in [1.807, 2.05) is 12.1 Å². The van der Waals surface area contributed by atoms with E-state index in [0.717, 1.165) is 5.69 Å². The average molecular weight is 388 g/mol. The Morgan fingerprint density at radius 3 is 2.33 bits per heavy atom. The molecule has 9 heteroatoms. The smallest absolute Gasteiger partial charge is 0.283 e. The van der Waals surface area contributed by atoms with Gasteiger partial charge in [0.15, 0.2) is 5.76 Å². The summed E-state index contributed by atoms with van der Waals surface area (Å²) in [5, 5.41) is 7.46. The lowest BCUT2D eigenvalue weighted by Crippen LogP contribution is -2.48. The van der Waals surface area contributed by atoms with Gasteiger partial charge in [-0.3, -0.25) is 0 Å². The van der Waals surface area contributed by atoms with Crippen molar-refractivity contribution in [2.45, 2.75) is 18.9 Å². The fourth-order valence-electron chi connectivity index (χ4n) is 3.18. The van der Waals surface area contributed by atoms with Gasteiger partial charge < -0.3 is 13.7 Å². The lowest BCUT2D eigenvalue weighted by atomic mass is 10.1. The van der Waals surface area contributed by atoms with Crippen LogP contribution in [0.5, 0.6) is 0 Å². The summed E-state index contributed by atoms with van der Waals surface area (Å²) in [5.41, 5.74) is 2.32. The van der Waals surface area contributed by atoms with E-state index in [0.29, 0.717) is 32.1 Å². The Morgan fingerprint density at radius 1 is 0.926 bits per heavy atom. The maximum Gasteiger partial charge on any atom is 0.283 e. The Bertz CT molecular complexity index is 1050. The van der Waals surface area contributed by atoms with Crippen LogP contribution in [-0.2, 0) is 10.0 Å². The quantitative estimate of drug-likeness (QED) is 0.678. The Morgan fingerprint density at radius 2 is 1.67 bits per heavy atom. The van der Waals surface area contributed by atoms with Crippen molar-refractivity contribution in [3.05, 3.63) is 47.9 Å². The van der Waals surface area contributed by atoms with Crippen LogP contribution < -0.4 is 4.90 Å². The van der Waals surface area contributed by atoms with E-state index in [1.54, 1.807) is 6.92 Å². The number of para-hydroxylation sites is 1. The van der Waals surface area contributed by atoms with Crippen molar-refractivity contribution in [2.75, 3.05) is 31.1 Å². The number of aryl methyl sites for hydroxylation is 2. The van der Waals surface area contributed by atoms with Crippen molar-refractivity contribution in [3.63, 3.8) is 0 Å². The first-order valence-corrected chi connectivity index (χ1v) is 10.1. The first-order chi connectivity index (χ1) is 12.9. The monoisotopic (exact) mass is 388 g/mol. The van der Waals surface area contributed by atoms with E-state index in [-0.39, 0.29) is 16.7 Å². The molecule has 3 aromatic rings. The van der Waals surface area contributed by atoms with Gasteiger partial charge in [-0.1, -0.05) is 18.2 Å². The number of aromatic nitrogens is 2. The van der Waals surface area contributed by atoms with Gasteiger partial charge in [-0.05, 0) is 30.7 Å². The highest BCUT2D eigenvalue weighted by Crippen LogP contribution is 2.27. The first kappa shape index (κ1) is 17.7. The number of benzene rings is 1. The van der Waals surface area contributed by atoms with Crippen molar-refractivity contribution in [1.29, 1.82) is 0 Å². The fourth-order valence-corrected chi connectivity index (χ4v) is 4.52. The van der Waals surface area contributed by atoms with Crippen LogP contribution in [0.25, 0.3) is 11.7 Å². The summed E-state index contributed by atoms with van der Waals surface area (Å²) in [5.74, 6) is 0.796. The zero-order chi connectivity index (χ0) is 19.0. The predicted octanol–water partition coefficient (Wildman–Crippen LogP) is 2.46. The van der Waals surface area contributed by atoms with Crippen LogP contribution in [0.1, 0.15) is 11.5 Å². The van der Waals surface area contributed by atoms with Gasteiger partial charge in [0.25, 0.3) is 15.9 Å². The molecule has 8 nitrogen and oxygen atoms in total. The van der Waals surface area contributed by atoms with E-state index in [9.17, 15) is 8.42 Å². The Hall–Kier alpha value is -2.65. The molecule has 0 spiro atoms. The van der Waals surface area contributed by atoms with Crippen LogP contribution >= 0.6 is 0 Å². The van der Waals surface area contributed by atoms with Crippen molar-refractivity contribution < 1.29 is 17.3 Å². The maximum absolute atomic E-state index is 12.9. The first-order valence-electron chi connectivity index (χ1n) is 8.66. The minimum absolute atomic E-state index is 0.113. The molecule has 142 valence electrons. The van der Waals surface area contributed by atoms with Crippen LogP contribution in [0, 0.1) is 13.8 Å². The third-order valence-electron chi connectivity index (χ3n) is 4.61. The molecule has 27 heavy (non-hydrogen) atoms. The van der Waals surface area contributed by atoms with E-state index >= 15 is 0 Å². The summed E-state index contributed by atoms with van der Waals surface area (Å²) < 4.78 is 38.0. The summed E-state index contributed by atoms with van der Waals surface area (Å²) >= 11 is 0. The molecule has 0 N–H and O–H groups in total. The van der Waals surface area contributed by atoms with Crippen molar-refractivity contribution in [1.82, 2.24) is 14.5 Å². The van der Waals surface area contributed by atoms with Crippen LogP contribution in [0.3, 0.4) is 0 Å². The predicted molar refractivity (Wildman–Crippen MR) is 98.9 cm³/mol. The number of nitrogens with zero attached hydrogens (tertiary/aromatic N) is 4. The topological polar surface area (TPSA) is 92.7 Å². The molecule has 1 saturated heterocycles. The molecule has 0 radical (unpaired) electrons. The molecule has 0 unspecified atom stereocenters. The van der Waals surface area contributed by atoms with Gasteiger partial charge in [-0.25, -0.2) is 8.42 Å². The van der Waals surface area contributed by atoms with Gasteiger partial charge >= 0.3 is 0 Å². The molecule has 4 rings (SSSR count). The fraction of sp³-hybridized carbons (Fsp3) is 0.333. The number of hydrogen-bond donors (Lipinski definition) is 0. The van der Waals surface area contributed by atoms with Crippen LogP contribution in [0.15, 0.2) is 50.3 Å². The summed E-state index contributed by atoms with van der Waals surface area (Å²) in [7, 11) is -3.71. The van der Waals surface area contributed by atoms with Gasteiger partial charge in [0, 0.05) is 38.8 Å². The van der Waals surface area contributed by atoms with Crippen molar-refractivity contribution >= 4 is 15.7 Å². The second-order valence-corrected chi connectivity index (χ2v) is 8.29. The Labute approximate surface area is 157 Å². The standard InChI is InChI=1S/C18H20N4O4S/c1-13-5-3-4-6-15(13)21-9-11-22(12-10-21)27(23,24)17-8-7-16(26-17)18-20-19-14(2)25-18/h3-8H,9-12H2,1-2H3. The summed E-state index contributed by atoms with van der Waals surface area (Å²) in [6.07, 6.45) is 0. The van der Waals surface area contributed by atoms with E-state index in [4.69, 9.17) is 8.83 Å². The normalized spacial score (nSPS) is 16.0. The second-order valence-electron chi connectivity index (χ2n) is 6.42. The summed E-state index contributed by atoms with van der Waals surface area (Å²) in [6.45, 7) is 5.76. The molecule has 0 saturated carbocycles. The highest BCUT2D eigenvalue weighted by Gasteiger charge is 2.31. The molecule has 0 aliphatic carbocycles. The van der Waals surface area contributed by atoms with Crippen LogP contribution in [0.4, 0.5) is 5.69 Å². The lowest BCUT2D eigenvalue weighted by molar-refractivity contribution is 0.361. The SMILES string of the molecule is Cc1nnc(-c2ccc(S(=O)(=O)N3CCN(c4ccccc4C)CC3)o2)o1. The third kappa shape index (κ3) is 3.35. The molecule has 1 aromatic carbocycles. The van der Waals surface area contributed by atoms with Crippen molar-refractivity contribution in [2.24, 2.45) is 0 Å². The number of hydrogen-bond acceptors (Lipinski definition) is 7. The maximum atomic E-state index is 12.9. The molecule has 1 aliphatic heterocycles. The van der Waals surface area contributed by atoms with Crippen LogP contribution in [0.2, 0.25) is 0 Å². The molecule has 1 aliphatic rings. The van der Waals surface area contributed by atoms with Gasteiger partial charge in [-0.15, -0.1) is 10.2 Å². The molecule has 0 bridgehead atoms. The molecular weight excluding hydrogens is 368 g/mol. The lowest BCUT2D eigenvalue weighted by Gasteiger charge is -2.35. The van der Waals surface area contributed by atoms with Gasteiger partial charge in [0.2, 0.25) is 11.0 Å². The molecule has 0 atom stereocenters. The zero-order valence-electron chi connectivity index (χ0n) is 15.1. The minimum Gasteiger partial charge on any atom is -0.438 e. The van der Waals surface area contributed by atoms with E-state index in [1.165, 1.54) is 22.0 Å². The highest BCUT2D eigenvalue weighted by atomic mass is 32.2. The highest BCUT2D eigenvalue weighted by molar-refractivity contribution is 7.89. The largest absolute Gasteiger partial charge is 0.438 e. The summed E-state index contributed by atoms with van der Waals surface area (Å²) in [6, 6.07) is 11.1. The average Bonchev–Trinajstić information content (AvgIpc) is 3.32. The van der Waals surface area contributed by atoms with Gasteiger partial charge in [0.1, 0.15) is 0 Å². The zero-order valence-corrected chi connectivity index (χ0v) is 15.9. The molecule has 0 amide bonds. The molecule has 2 aromatic heterocycles. The summed E-state index contributed by atoms with van der Waals surface area (Å²) in [4.78, 5) is 2.20. The molecule has 1 fully saturated rings. The third-order valence-corrected chi connectivity index (χ3v) is 6.38. The number of sulfonamides is 1. The molecule has 3 heterocycles. The molecular formula is C18H20N4O4S. The Balaban J connectivity index is 1.49. The van der Waals surface area contributed by atoms with Crippen LogP contribution in [-0.4, -0.2) is 49.1 Å². The van der Waals surface area contributed by atoms with E-state index < -0.39 is 10.0 Å². The minimum atomic E-state index is -3.71. The number of anilines is 1. The number of piperazine rings is 1. The Kier molecular flexibility index (Phi) is 4.48. The van der Waals surface area contributed by atoms with Gasteiger partial charge in [0.05, 0.1) is 0 Å². The van der Waals surface area contributed by atoms with E-state index in [2.05, 4.69) is 34.2 Å². The van der Waals surface area contributed by atoms with Crippen molar-refractivity contribution in [3.8, 4) is 11.7 Å².